The fourth-order valence-electron chi connectivity index (χ4n) is 1.76. The van der Waals surface area contributed by atoms with E-state index < -0.39 is 24.0 Å². The van der Waals surface area contributed by atoms with E-state index in [0.29, 0.717) is 6.54 Å². The SMILES string of the molecule is CC(=O)CC(N)C(=O)O.CCCCCCNC(CC(C)=O)C(=O)O. The van der Waals surface area contributed by atoms with Crippen molar-refractivity contribution in [3.8, 4) is 0 Å². The second-order valence-corrected chi connectivity index (χ2v) is 5.66. The monoisotopic (exact) mass is 346 g/mol. The molecule has 0 spiro atoms. The zero-order chi connectivity index (χ0) is 19.1. The maximum atomic E-state index is 10.8. The van der Waals surface area contributed by atoms with Crippen LogP contribution in [-0.2, 0) is 19.2 Å². The highest BCUT2D eigenvalue weighted by molar-refractivity contribution is 5.84. The summed E-state index contributed by atoms with van der Waals surface area (Å²) in [7, 11) is 0. The van der Waals surface area contributed by atoms with Crippen LogP contribution in [0.25, 0.3) is 0 Å². The molecule has 0 radical (unpaired) electrons. The van der Waals surface area contributed by atoms with Crippen LogP contribution in [-0.4, -0.2) is 52.3 Å². The number of aliphatic carboxylic acids is 2. The molecule has 140 valence electrons. The number of carbonyl (C=O) groups excluding carboxylic acids is 2. The van der Waals surface area contributed by atoms with Crippen molar-refractivity contribution < 1.29 is 29.4 Å². The lowest BCUT2D eigenvalue weighted by Gasteiger charge is -2.12. The second-order valence-electron chi connectivity index (χ2n) is 5.66. The normalized spacial score (nSPS) is 12.5. The van der Waals surface area contributed by atoms with Gasteiger partial charge in [-0.25, -0.2) is 0 Å². The van der Waals surface area contributed by atoms with Crippen LogP contribution in [0.2, 0.25) is 0 Å². The van der Waals surface area contributed by atoms with Gasteiger partial charge in [-0.1, -0.05) is 26.2 Å². The van der Waals surface area contributed by atoms with Gasteiger partial charge in [-0.2, -0.15) is 0 Å². The summed E-state index contributed by atoms with van der Waals surface area (Å²) in [5.74, 6) is -2.38. The third-order valence-electron chi connectivity index (χ3n) is 3.04. The highest BCUT2D eigenvalue weighted by atomic mass is 16.4. The Balaban J connectivity index is 0. The molecule has 2 unspecified atom stereocenters. The summed E-state index contributed by atoms with van der Waals surface area (Å²) in [5, 5.41) is 19.9. The van der Waals surface area contributed by atoms with Crippen molar-refractivity contribution in [1.82, 2.24) is 5.32 Å². The van der Waals surface area contributed by atoms with Crippen molar-refractivity contribution in [3.05, 3.63) is 0 Å². The van der Waals surface area contributed by atoms with Crippen molar-refractivity contribution in [2.45, 2.75) is 71.4 Å². The molecule has 0 aromatic carbocycles. The quantitative estimate of drug-likeness (QED) is 0.382. The third kappa shape index (κ3) is 16.6. The largest absolute Gasteiger partial charge is 0.480 e. The third-order valence-corrected chi connectivity index (χ3v) is 3.04. The Kier molecular flexibility index (Phi) is 15.0. The number of unbranched alkanes of at least 4 members (excludes halogenated alkanes) is 3. The first-order valence-electron chi connectivity index (χ1n) is 8.05. The summed E-state index contributed by atoms with van der Waals surface area (Å²) in [5.41, 5.74) is 5.00. The van der Waals surface area contributed by atoms with E-state index in [4.69, 9.17) is 15.9 Å². The molecule has 0 bridgehead atoms. The topological polar surface area (TPSA) is 147 Å². The van der Waals surface area contributed by atoms with Gasteiger partial charge < -0.3 is 21.3 Å². The molecule has 8 nitrogen and oxygen atoms in total. The first-order valence-corrected chi connectivity index (χ1v) is 8.05. The number of nitrogens with one attached hydrogen (secondary N) is 1. The van der Waals surface area contributed by atoms with Gasteiger partial charge >= 0.3 is 11.9 Å². The molecule has 0 saturated heterocycles. The Morgan fingerprint density at radius 2 is 1.46 bits per heavy atom. The molecular weight excluding hydrogens is 316 g/mol. The fourth-order valence-corrected chi connectivity index (χ4v) is 1.76. The highest BCUT2D eigenvalue weighted by Gasteiger charge is 2.17. The summed E-state index contributed by atoms with van der Waals surface area (Å²) in [6, 6.07) is -1.76. The highest BCUT2D eigenvalue weighted by Crippen LogP contribution is 1.99. The standard InChI is InChI=1S/C11H21NO3.C5H9NO3/c1-3-4-5-6-7-12-10(11(14)15)8-9(2)13;1-3(7)2-4(6)5(8)9/h10,12H,3-8H2,1-2H3,(H,14,15);4H,2,6H2,1H3,(H,8,9). The molecule has 0 rings (SSSR count). The first-order chi connectivity index (χ1) is 11.1. The van der Waals surface area contributed by atoms with E-state index in [9.17, 15) is 19.2 Å². The van der Waals surface area contributed by atoms with Gasteiger partial charge in [0.2, 0.25) is 0 Å². The molecule has 0 aliphatic heterocycles. The molecule has 0 aromatic rings. The zero-order valence-corrected chi connectivity index (χ0v) is 14.7. The van der Waals surface area contributed by atoms with Crippen molar-refractivity contribution in [2.75, 3.05) is 6.54 Å². The number of carbonyl (C=O) groups is 4. The number of hydrogen-bond donors (Lipinski definition) is 4. The Bertz CT molecular complexity index is 411. The molecule has 0 heterocycles. The molecule has 0 amide bonds. The van der Waals surface area contributed by atoms with Crippen molar-refractivity contribution in [3.63, 3.8) is 0 Å². The van der Waals surface area contributed by atoms with E-state index >= 15 is 0 Å². The van der Waals surface area contributed by atoms with Crippen LogP contribution in [0.4, 0.5) is 0 Å². The number of carboxylic acids is 2. The number of ketones is 2. The lowest BCUT2D eigenvalue weighted by atomic mass is 10.1. The molecule has 0 saturated carbocycles. The molecule has 24 heavy (non-hydrogen) atoms. The molecule has 0 fully saturated rings. The summed E-state index contributed by atoms with van der Waals surface area (Å²) in [6.07, 6.45) is 4.39. The van der Waals surface area contributed by atoms with Crippen LogP contribution in [0.15, 0.2) is 0 Å². The minimum Gasteiger partial charge on any atom is -0.480 e. The Morgan fingerprint density at radius 1 is 0.917 bits per heavy atom. The summed E-state index contributed by atoms with van der Waals surface area (Å²) < 4.78 is 0. The molecule has 0 aromatic heterocycles. The van der Waals surface area contributed by atoms with E-state index in [1.54, 1.807) is 0 Å². The maximum Gasteiger partial charge on any atom is 0.321 e. The summed E-state index contributed by atoms with van der Waals surface area (Å²) in [6.45, 7) is 5.52. The van der Waals surface area contributed by atoms with E-state index in [1.165, 1.54) is 20.3 Å². The van der Waals surface area contributed by atoms with Gasteiger partial charge in [0.05, 0.1) is 0 Å². The average molecular weight is 346 g/mol. The Morgan fingerprint density at radius 3 is 1.79 bits per heavy atom. The van der Waals surface area contributed by atoms with Crippen LogP contribution >= 0.6 is 0 Å². The zero-order valence-electron chi connectivity index (χ0n) is 14.7. The number of carboxylic acid groups (broad SMARTS) is 2. The smallest absolute Gasteiger partial charge is 0.321 e. The summed E-state index contributed by atoms with van der Waals surface area (Å²) in [4.78, 5) is 41.7. The van der Waals surface area contributed by atoms with Crippen LogP contribution in [0, 0.1) is 0 Å². The number of rotatable bonds is 12. The number of hydrogen-bond acceptors (Lipinski definition) is 6. The van der Waals surface area contributed by atoms with E-state index in [1.807, 2.05) is 0 Å². The second kappa shape index (κ2) is 14.8. The van der Waals surface area contributed by atoms with Gasteiger partial charge in [0.25, 0.3) is 0 Å². The fraction of sp³-hybridized carbons (Fsp3) is 0.750. The minimum absolute atomic E-state index is 0.0725. The van der Waals surface area contributed by atoms with Crippen LogP contribution in [0.5, 0.6) is 0 Å². The number of nitrogens with two attached hydrogens (primary N) is 1. The van der Waals surface area contributed by atoms with Crippen LogP contribution in [0.1, 0.15) is 59.3 Å². The van der Waals surface area contributed by atoms with Crippen LogP contribution < -0.4 is 11.1 Å². The van der Waals surface area contributed by atoms with E-state index in [-0.39, 0.29) is 24.4 Å². The molecule has 0 aliphatic rings. The molecule has 2 atom stereocenters. The van der Waals surface area contributed by atoms with Gasteiger partial charge in [-0.15, -0.1) is 0 Å². The molecule has 0 aliphatic carbocycles. The van der Waals surface area contributed by atoms with Crippen LogP contribution in [0.3, 0.4) is 0 Å². The minimum atomic E-state index is -1.13. The van der Waals surface area contributed by atoms with Gasteiger partial charge in [-0.05, 0) is 26.8 Å². The lowest BCUT2D eigenvalue weighted by Crippen LogP contribution is -2.38. The molecule has 8 heteroatoms. The lowest BCUT2D eigenvalue weighted by molar-refractivity contribution is -0.141. The van der Waals surface area contributed by atoms with Gasteiger partial charge in [0, 0.05) is 12.8 Å². The van der Waals surface area contributed by atoms with Gasteiger partial charge in [-0.3, -0.25) is 19.2 Å². The van der Waals surface area contributed by atoms with Gasteiger partial charge in [0.1, 0.15) is 23.7 Å². The Hall–Kier alpha value is -1.80. The molecular formula is C16H30N2O6. The van der Waals surface area contributed by atoms with Crippen molar-refractivity contribution in [1.29, 1.82) is 0 Å². The maximum absolute atomic E-state index is 10.8. The molecule has 5 N–H and O–H groups in total. The van der Waals surface area contributed by atoms with Crippen molar-refractivity contribution in [2.24, 2.45) is 5.73 Å². The summed E-state index contributed by atoms with van der Waals surface area (Å²) >= 11 is 0. The Labute approximate surface area is 142 Å². The van der Waals surface area contributed by atoms with E-state index in [2.05, 4.69) is 12.2 Å². The number of Topliss-reactive ketones (excluding diaryl/α,β-unsaturated/α-hetero) is 2. The first kappa shape index (κ1) is 24.5. The predicted octanol–water partition coefficient (Wildman–Crippen LogP) is 0.966. The van der Waals surface area contributed by atoms with E-state index in [0.717, 1.165) is 19.3 Å². The van der Waals surface area contributed by atoms with Gasteiger partial charge in [0.15, 0.2) is 0 Å². The average Bonchev–Trinajstić information content (AvgIpc) is 2.45. The van der Waals surface area contributed by atoms with Crippen molar-refractivity contribution >= 4 is 23.5 Å². The predicted molar refractivity (Wildman–Crippen MR) is 89.8 cm³/mol.